The van der Waals surface area contributed by atoms with E-state index in [0.29, 0.717) is 41.8 Å². The van der Waals surface area contributed by atoms with Crippen molar-refractivity contribution in [2.24, 2.45) is 11.3 Å². The largest absolute Gasteiger partial charge is 0.496 e. The first-order chi connectivity index (χ1) is 12.3. The topological polar surface area (TPSA) is 49.9 Å². The highest BCUT2D eigenvalue weighted by atomic mass is 35.5. The number of piperidine rings is 1. The van der Waals surface area contributed by atoms with Crippen LogP contribution in [0.3, 0.4) is 0 Å². The molecule has 0 saturated carbocycles. The third-order valence-corrected chi connectivity index (χ3v) is 5.73. The Bertz CT molecular complexity index is 696. The fraction of sp³-hybridized carbons (Fsp3) is 0.600. The Hall–Kier alpha value is -1.75. The average Bonchev–Trinajstić information content (AvgIpc) is 2.89. The predicted octanol–water partition coefficient (Wildman–Crippen LogP) is 3.46. The maximum atomic E-state index is 12.9. The first kappa shape index (κ1) is 19.0. The van der Waals surface area contributed by atoms with E-state index in [1.54, 1.807) is 25.3 Å². The van der Waals surface area contributed by atoms with Crippen LogP contribution >= 0.6 is 11.6 Å². The van der Waals surface area contributed by atoms with E-state index in [-0.39, 0.29) is 17.2 Å². The van der Waals surface area contributed by atoms with Gasteiger partial charge < -0.3 is 14.5 Å². The molecule has 0 atom stereocenters. The van der Waals surface area contributed by atoms with Crippen LogP contribution in [0.2, 0.25) is 5.02 Å². The van der Waals surface area contributed by atoms with Gasteiger partial charge in [0.05, 0.1) is 12.7 Å². The summed E-state index contributed by atoms with van der Waals surface area (Å²) in [5, 5.41) is 0.547. The van der Waals surface area contributed by atoms with Crippen molar-refractivity contribution in [1.29, 1.82) is 0 Å². The molecule has 2 amide bonds. The number of benzene rings is 1. The van der Waals surface area contributed by atoms with E-state index in [4.69, 9.17) is 16.3 Å². The summed E-state index contributed by atoms with van der Waals surface area (Å²) in [4.78, 5) is 29.1. The zero-order chi connectivity index (χ0) is 18.9. The third kappa shape index (κ3) is 3.83. The highest BCUT2D eigenvalue weighted by Gasteiger charge is 2.45. The summed E-state index contributed by atoms with van der Waals surface area (Å²) >= 11 is 5.99. The summed E-state index contributed by atoms with van der Waals surface area (Å²) in [7, 11) is 1.54. The lowest BCUT2D eigenvalue weighted by Gasteiger charge is -2.39. The third-order valence-electron chi connectivity index (χ3n) is 5.50. The minimum atomic E-state index is -0.0308. The normalized spacial score (nSPS) is 19.5. The van der Waals surface area contributed by atoms with E-state index >= 15 is 0 Å². The van der Waals surface area contributed by atoms with Crippen LogP contribution in [0.4, 0.5) is 0 Å². The van der Waals surface area contributed by atoms with Gasteiger partial charge in [-0.05, 0) is 37.0 Å². The molecule has 142 valence electrons. The minimum Gasteiger partial charge on any atom is -0.496 e. The Morgan fingerprint density at radius 2 is 2.00 bits per heavy atom. The summed E-state index contributed by atoms with van der Waals surface area (Å²) in [5.41, 5.74) is 0.573. The standard InChI is InChI=1S/C20H27ClN2O3/c1-14(2)12-23-13-20(11-18(23)24)6-8-22(9-7-20)19(25)16-5-4-15(21)10-17(16)26-3/h4-5,10,14H,6-9,11-13H2,1-3H3. The van der Waals surface area contributed by atoms with Crippen LogP contribution in [0, 0.1) is 11.3 Å². The van der Waals surface area contributed by atoms with Crippen LogP contribution in [0.5, 0.6) is 5.75 Å². The molecule has 1 spiro atoms. The number of hydrogen-bond acceptors (Lipinski definition) is 3. The van der Waals surface area contributed by atoms with Crippen LogP contribution in [0.25, 0.3) is 0 Å². The first-order valence-electron chi connectivity index (χ1n) is 9.24. The molecule has 0 N–H and O–H groups in total. The highest BCUT2D eigenvalue weighted by Crippen LogP contribution is 2.41. The van der Waals surface area contributed by atoms with Gasteiger partial charge in [0.15, 0.2) is 0 Å². The van der Waals surface area contributed by atoms with Gasteiger partial charge in [-0.2, -0.15) is 0 Å². The fourth-order valence-corrected chi connectivity index (χ4v) is 4.28. The van der Waals surface area contributed by atoms with Gasteiger partial charge in [-0.1, -0.05) is 25.4 Å². The first-order valence-corrected chi connectivity index (χ1v) is 9.62. The lowest BCUT2D eigenvalue weighted by molar-refractivity contribution is -0.128. The second kappa shape index (κ2) is 7.47. The molecule has 1 aromatic carbocycles. The zero-order valence-corrected chi connectivity index (χ0v) is 16.5. The Morgan fingerprint density at radius 3 is 2.62 bits per heavy atom. The van der Waals surface area contributed by atoms with Gasteiger partial charge in [-0.3, -0.25) is 9.59 Å². The lowest BCUT2D eigenvalue weighted by Crippen LogP contribution is -2.44. The summed E-state index contributed by atoms with van der Waals surface area (Å²) in [5.74, 6) is 1.21. The van der Waals surface area contributed by atoms with Crippen molar-refractivity contribution in [1.82, 2.24) is 9.80 Å². The Kier molecular flexibility index (Phi) is 5.47. The molecule has 0 bridgehead atoms. The maximum Gasteiger partial charge on any atom is 0.257 e. The summed E-state index contributed by atoms with van der Waals surface area (Å²) in [6.45, 7) is 7.28. The smallest absolute Gasteiger partial charge is 0.257 e. The molecule has 2 saturated heterocycles. The average molecular weight is 379 g/mol. The van der Waals surface area contributed by atoms with Gasteiger partial charge in [0.1, 0.15) is 5.75 Å². The lowest BCUT2D eigenvalue weighted by atomic mass is 9.77. The van der Waals surface area contributed by atoms with Crippen molar-refractivity contribution < 1.29 is 14.3 Å². The van der Waals surface area contributed by atoms with Crippen molar-refractivity contribution in [3.63, 3.8) is 0 Å². The van der Waals surface area contributed by atoms with Crippen molar-refractivity contribution in [2.45, 2.75) is 33.1 Å². The van der Waals surface area contributed by atoms with Crippen molar-refractivity contribution in [3.8, 4) is 5.75 Å². The molecular formula is C20H27ClN2O3. The molecular weight excluding hydrogens is 352 g/mol. The van der Waals surface area contributed by atoms with E-state index in [0.717, 1.165) is 25.9 Å². The Morgan fingerprint density at radius 1 is 1.31 bits per heavy atom. The van der Waals surface area contributed by atoms with E-state index < -0.39 is 0 Å². The van der Waals surface area contributed by atoms with Crippen molar-refractivity contribution >= 4 is 23.4 Å². The molecule has 0 aromatic heterocycles. The monoisotopic (exact) mass is 378 g/mol. The molecule has 2 fully saturated rings. The fourth-order valence-electron chi connectivity index (χ4n) is 4.12. The van der Waals surface area contributed by atoms with Crippen LogP contribution in [-0.4, -0.2) is 54.9 Å². The number of rotatable bonds is 4. The van der Waals surface area contributed by atoms with E-state index in [2.05, 4.69) is 13.8 Å². The predicted molar refractivity (Wildman–Crippen MR) is 102 cm³/mol. The molecule has 2 heterocycles. The molecule has 0 radical (unpaired) electrons. The summed E-state index contributed by atoms with van der Waals surface area (Å²) < 4.78 is 5.31. The number of likely N-dealkylation sites (tertiary alicyclic amines) is 2. The van der Waals surface area contributed by atoms with E-state index in [1.165, 1.54) is 0 Å². The molecule has 1 aromatic rings. The summed E-state index contributed by atoms with van der Waals surface area (Å²) in [6, 6.07) is 5.10. The van der Waals surface area contributed by atoms with Gasteiger partial charge in [0.25, 0.3) is 5.91 Å². The van der Waals surface area contributed by atoms with Crippen molar-refractivity contribution in [3.05, 3.63) is 28.8 Å². The van der Waals surface area contributed by atoms with E-state index in [9.17, 15) is 9.59 Å². The van der Waals surface area contributed by atoms with Gasteiger partial charge in [0.2, 0.25) is 5.91 Å². The number of carbonyl (C=O) groups excluding carboxylic acids is 2. The molecule has 6 heteroatoms. The molecule has 5 nitrogen and oxygen atoms in total. The second-order valence-electron chi connectivity index (χ2n) is 7.98. The molecule has 3 rings (SSSR count). The van der Waals surface area contributed by atoms with Crippen LogP contribution in [0.15, 0.2) is 18.2 Å². The maximum absolute atomic E-state index is 12.9. The van der Waals surface area contributed by atoms with Crippen molar-refractivity contribution in [2.75, 3.05) is 33.3 Å². The highest BCUT2D eigenvalue weighted by molar-refractivity contribution is 6.30. The number of nitrogens with zero attached hydrogens (tertiary/aromatic N) is 2. The number of ether oxygens (including phenoxy) is 1. The molecule has 26 heavy (non-hydrogen) atoms. The quantitative estimate of drug-likeness (QED) is 0.806. The van der Waals surface area contributed by atoms with Crippen LogP contribution in [0.1, 0.15) is 43.5 Å². The SMILES string of the molecule is COc1cc(Cl)ccc1C(=O)N1CCC2(CC1)CC(=O)N(CC(C)C)C2. The molecule has 2 aliphatic heterocycles. The van der Waals surface area contributed by atoms with Gasteiger partial charge in [0, 0.05) is 43.0 Å². The Balaban J connectivity index is 1.66. The molecule has 0 aliphatic carbocycles. The number of hydrogen-bond donors (Lipinski definition) is 0. The number of carbonyl (C=O) groups is 2. The summed E-state index contributed by atoms with van der Waals surface area (Å²) in [6.07, 6.45) is 2.36. The number of methoxy groups -OCH3 is 1. The van der Waals surface area contributed by atoms with Gasteiger partial charge in [-0.15, -0.1) is 0 Å². The molecule has 2 aliphatic rings. The van der Waals surface area contributed by atoms with Gasteiger partial charge >= 0.3 is 0 Å². The molecule has 0 unspecified atom stereocenters. The minimum absolute atomic E-state index is 0.0308. The Labute approximate surface area is 160 Å². The zero-order valence-electron chi connectivity index (χ0n) is 15.8. The number of amides is 2. The van der Waals surface area contributed by atoms with Gasteiger partial charge in [-0.25, -0.2) is 0 Å². The van der Waals surface area contributed by atoms with Crippen LogP contribution in [-0.2, 0) is 4.79 Å². The van der Waals surface area contributed by atoms with Crippen LogP contribution < -0.4 is 4.74 Å². The van der Waals surface area contributed by atoms with E-state index in [1.807, 2.05) is 9.80 Å². The number of halogens is 1. The second-order valence-corrected chi connectivity index (χ2v) is 8.42.